The molecule has 0 bridgehead atoms. The second kappa shape index (κ2) is 10.1. The van der Waals surface area contributed by atoms with Gasteiger partial charge in [-0.05, 0) is 25.8 Å². The number of carbonyl (C=O) groups is 3. The molecule has 1 unspecified atom stereocenters. The van der Waals surface area contributed by atoms with Crippen LogP contribution in [-0.4, -0.2) is 63.7 Å². The SMILES string of the molecule is CC(=O)N1CCCN(C(=O)c2cnc(C)nc2C)CCNC(=O)CC1c1ccccc1. The van der Waals surface area contributed by atoms with E-state index in [1.165, 1.54) is 6.92 Å². The van der Waals surface area contributed by atoms with Gasteiger partial charge in [0.05, 0.1) is 23.7 Å². The van der Waals surface area contributed by atoms with Crippen molar-refractivity contribution >= 4 is 17.7 Å². The maximum Gasteiger partial charge on any atom is 0.257 e. The molecule has 1 atom stereocenters. The number of benzene rings is 1. The van der Waals surface area contributed by atoms with E-state index in [0.29, 0.717) is 49.7 Å². The predicted molar refractivity (Wildman–Crippen MR) is 116 cm³/mol. The Hall–Kier alpha value is -3.29. The molecule has 3 rings (SSSR count). The summed E-state index contributed by atoms with van der Waals surface area (Å²) in [6.07, 6.45) is 2.34. The van der Waals surface area contributed by atoms with Crippen LogP contribution >= 0.6 is 0 Å². The first kappa shape index (κ1) is 22.4. The molecule has 1 aliphatic rings. The molecule has 1 aromatic carbocycles. The van der Waals surface area contributed by atoms with Crippen LogP contribution in [0.25, 0.3) is 0 Å². The van der Waals surface area contributed by atoms with E-state index in [9.17, 15) is 14.4 Å². The Morgan fingerprint density at radius 1 is 1.10 bits per heavy atom. The van der Waals surface area contributed by atoms with Gasteiger partial charge in [-0.25, -0.2) is 9.97 Å². The predicted octanol–water partition coefficient (Wildman–Crippen LogP) is 2.04. The van der Waals surface area contributed by atoms with Gasteiger partial charge in [-0.1, -0.05) is 30.3 Å². The minimum atomic E-state index is -0.339. The van der Waals surface area contributed by atoms with Gasteiger partial charge in [0.2, 0.25) is 11.8 Å². The average Bonchev–Trinajstić information content (AvgIpc) is 2.77. The molecule has 1 N–H and O–H groups in total. The lowest BCUT2D eigenvalue weighted by Gasteiger charge is -2.31. The van der Waals surface area contributed by atoms with Crippen molar-refractivity contribution in [2.45, 2.75) is 39.7 Å². The highest BCUT2D eigenvalue weighted by atomic mass is 16.2. The Labute approximate surface area is 182 Å². The van der Waals surface area contributed by atoms with Gasteiger partial charge in [0.15, 0.2) is 0 Å². The van der Waals surface area contributed by atoms with E-state index in [1.807, 2.05) is 30.3 Å². The molecular weight excluding hydrogens is 394 g/mol. The monoisotopic (exact) mass is 423 g/mol. The number of aryl methyl sites for hydroxylation is 2. The van der Waals surface area contributed by atoms with Crippen molar-refractivity contribution in [3.8, 4) is 0 Å². The number of rotatable bonds is 2. The summed E-state index contributed by atoms with van der Waals surface area (Å²) < 4.78 is 0. The first-order chi connectivity index (χ1) is 14.9. The summed E-state index contributed by atoms with van der Waals surface area (Å²) in [7, 11) is 0. The van der Waals surface area contributed by atoms with Gasteiger partial charge in [0.25, 0.3) is 5.91 Å². The molecule has 1 aromatic heterocycles. The van der Waals surface area contributed by atoms with Crippen LogP contribution < -0.4 is 5.32 Å². The van der Waals surface area contributed by atoms with Gasteiger partial charge in [0, 0.05) is 39.3 Å². The molecule has 2 heterocycles. The minimum absolute atomic E-state index is 0.0958. The fourth-order valence-corrected chi connectivity index (χ4v) is 3.90. The number of carbonyl (C=O) groups excluding carboxylic acids is 3. The normalized spacial score (nSPS) is 18.2. The van der Waals surface area contributed by atoms with Crippen molar-refractivity contribution in [3.05, 3.63) is 59.2 Å². The third kappa shape index (κ3) is 5.65. The minimum Gasteiger partial charge on any atom is -0.354 e. The lowest BCUT2D eigenvalue weighted by molar-refractivity contribution is -0.132. The van der Waals surface area contributed by atoms with E-state index in [4.69, 9.17) is 0 Å². The van der Waals surface area contributed by atoms with E-state index in [1.54, 1.807) is 29.8 Å². The fourth-order valence-electron chi connectivity index (χ4n) is 3.90. The van der Waals surface area contributed by atoms with Crippen molar-refractivity contribution in [1.29, 1.82) is 0 Å². The molecule has 0 aliphatic carbocycles. The first-order valence-electron chi connectivity index (χ1n) is 10.5. The van der Waals surface area contributed by atoms with Crippen LogP contribution in [0.3, 0.4) is 0 Å². The number of aromatic nitrogens is 2. The zero-order chi connectivity index (χ0) is 22.4. The van der Waals surface area contributed by atoms with E-state index in [2.05, 4.69) is 15.3 Å². The van der Waals surface area contributed by atoms with Crippen molar-refractivity contribution in [1.82, 2.24) is 25.1 Å². The first-order valence-corrected chi connectivity index (χ1v) is 10.5. The molecule has 0 saturated carbocycles. The zero-order valence-corrected chi connectivity index (χ0v) is 18.3. The van der Waals surface area contributed by atoms with Crippen molar-refractivity contribution in [3.63, 3.8) is 0 Å². The third-order valence-electron chi connectivity index (χ3n) is 5.49. The molecule has 31 heavy (non-hydrogen) atoms. The maximum absolute atomic E-state index is 13.1. The summed E-state index contributed by atoms with van der Waals surface area (Å²) >= 11 is 0. The molecule has 1 fully saturated rings. The molecule has 8 nitrogen and oxygen atoms in total. The summed E-state index contributed by atoms with van der Waals surface area (Å²) in [5, 5.41) is 2.90. The Balaban J connectivity index is 1.82. The van der Waals surface area contributed by atoms with Crippen molar-refractivity contribution in [2.24, 2.45) is 0 Å². The summed E-state index contributed by atoms with van der Waals surface area (Å²) in [6, 6.07) is 9.25. The largest absolute Gasteiger partial charge is 0.354 e. The van der Waals surface area contributed by atoms with Crippen LogP contribution in [0.15, 0.2) is 36.5 Å². The van der Waals surface area contributed by atoms with Gasteiger partial charge in [-0.2, -0.15) is 0 Å². The second-order valence-electron chi connectivity index (χ2n) is 7.76. The van der Waals surface area contributed by atoms with Gasteiger partial charge >= 0.3 is 0 Å². The average molecular weight is 424 g/mol. The highest BCUT2D eigenvalue weighted by Crippen LogP contribution is 2.25. The van der Waals surface area contributed by atoms with Gasteiger partial charge in [-0.15, -0.1) is 0 Å². The lowest BCUT2D eigenvalue weighted by Crippen LogP contribution is -2.39. The van der Waals surface area contributed by atoms with Crippen molar-refractivity contribution < 1.29 is 14.4 Å². The molecule has 1 aliphatic heterocycles. The standard InChI is InChI=1S/C23H29N5O3/c1-16-20(15-25-17(2)26-16)23(31)27-11-7-12-28(18(3)29)21(14-22(30)24-10-13-27)19-8-5-4-6-9-19/h4-6,8-9,15,21H,7,10-14H2,1-3H3,(H,24,30). The van der Waals surface area contributed by atoms with Gasteiger partial charge in [0.1, 0.15) is 5.82 Å². The third-order valence-corrected chi connectivity index (χ3v) is 5.49. The Kier molecular flexibility index (Phi) is 7.33. The van der Waals surface area contributed by atoms with E-state index in [0.717, 1.165) is 5.56 Å². The Bertz CT molecular complexity index is 947. The van der Waals surface area contributed by atoms with Gasteiger partial charge < -0.3 is 15.1 Å². The quantitative estimate of drug-likeness (QED) is 0.798. The smallest absolute Gasteiger partial charge is 0.257 e. The van der Waals surface area contributed by atoms with Crippen molar-refractivity contribution in [2.75, 3.05) is 26.2 Å². The number of amides is 3. The van der Waals surface area contributed by atoms with Crippen LogP contribution in [0.2, 0.25) is 0 Å². The molecule has 0 radical (unpaired) electrons. The summed E-state index contributed by atoms with van der Waals surface area (Å²) in [6.45, 7) is 6.74. The molecular formula is C23H29N5O3. The molecule has 2 aromatic rings. The van der Waals surface area contributed by atoms with E-state index in [-0.39, 0.29) is 30.2 Å². The fraction of sp³-hybridized carbons (Fsp3) is 0.435. The summed E-state index contributed by atoms with van der Waals surface area (Å²) in [4.78, 5) is 50.1. The zero-order valence-electron chi connectivity index (χ0n) is 18.3. The molecule has 8 heteroatoms. The highest BCUT2D eigenvalue weighted by molar-refractivity contribution is 5.95. The molecule has 0 spiro atoms. The van der Waals surface area contributed by atoms with Crippen LogP contribution in [0, 0.1) is 13.8 Å². The summed E-state index contributed by atoms with van der Waals surface area (Å²) in [5.41, 5.74) is 2.01. The summed E-state index contributed by atoms with van der Waals surface area (Å²) in [5.74, 6) is 0.202. The highest BCUT2D eigenvalue weighted by Gasteiger charge is 2.27. The Morgan fingerprint density at radius 3 is 2.52 bits per heavy atom. The van der Waals surface area contributed by atoms with Crippen LogP contribution in [0.4, 0.5) is 0 Å². The van der Waals surface area contributed by atoms with Crippen LogP contribution in [0.1, 0.15) is 53.2 Å². The van der Waals surface area contributed by atoms with E-state index < -0.39 is 0 Å². The molecule has 3 amide bonds. The van der Waals surface area contributed by atoms with Gasteiger partial charge in [-0.3, -0.25) is 14.4 Å². The number of nitrogens with zero attached hydrogens (tertiary/aromatic N) is 4. The number of nitrogens with one attached hydrogen (secondary N) is 1. The maximum atomic E-state index is 13.1. The lowest BCUT2D eigenvalue weighted by atomic mass is 10.0. The van der Waals surface area contributed by atoms with Crippen LogP contribution in [0.5, 0.6) is 0 Å². The van der Waals surface area contributed by atoms with Crippen LogP contribution in [-0.2, 0) is 9.59 Å². The molecule has 164 valence electrons. The second-order valence-corrected chi connectivity index (χ2v) is 7.76. The number of hydrogen-bond donors (Lipinski definition) is 1. The van der Waals surface area contributed by atoms with E-state index >= 15 is 0 Å². The Morgan fingerprint density at radius 2 is 1.84 bits per heavy atom. The molecule has 1 saturated heterocycles. The topological polar surface area (TPSA) is 95.5 Å². The number of hydrogen-bond acceptors (Lipinski definition) is 5.